The van der Waals surface area contributed by atoms with E-state index in [1.54, 1.807) is 26.2 Å². The van der Waals surface area contributed by atoms with Gasteiger partial charge in [-0.1, -0.05) is 12.1 Å². The van der Waals surface area contributed by atoms with Gasteiger partial charge in [0, 0.05) is 26.2 Å². The van der Waals surface area contributed by atoms with Gasteiger partial charge in [0.1, 0.15) is 0 Å². The van der Waals surface area contributed by atoms with Crippen molar-refractivity contribution in [2.75, 3.05) is 26.4 Å². The Morgan fingerprint density at radius 1 is 1.32 bits per heavy atom. The van der Waals surface area contributed by atoms with Crippen LogP contribution in [0.3, 0.4) is 0 Å². The lowest BCUT2D eigenvalue weighted by Crippen LogP contribution is -2.21. The molecule has 19 heavy (non-hydrogen) atoms. The summed E-state index contributed by atoms with van der Waals surface area (Å²) in [5.74, 6) is -0.426. The lowest BCUT2D eigenvalue weighted by molar-refractivity contribution is -0.128. The Morgan fingerprint density at radius 3 is 2.63 bits per heavy atom. The lowest BCUT2D eigenvalue weighted by Gasteiger charge is -2.11. The standard InChI is InChI=1S/C14H20N2O3/c1-10-6-4-7-11(13(10)15)14(18)19-9-5-8-12(17)16(2)3/h4,6-7H,5,8-9,15H2,1-3H3. The van der Waals surface area contributed by atoms with E-state index in [0.717, 1.165) is 5.56 Å². The summed E-state index contributed by atoms with van der Waals surface area (Å²) in [5, 5.41) is 0. The molecule has 1 amide bonds. The highest BCUT2D eigenvalue weighted by Gasteiger charge is 2.12. The van der Waals surface area contributed by atoms with E-state index in [4.69, 9.17) is 10.5 Å². The van der Waals surface area contributed by atoms with Gasteiger partial charge >= 0.3 is 5.97 Å². The number of amides is 1. The highest BCUT2D eigenvalue weighted by molar-refractivity contribution is 5.95. The van der Waals surface area contributed by atoms with Crippen molar-refractivity contribution < 1.29 is 14.3 Å². The van der Waals surface area contributed by atoms with Crippen LogP contribution in [0.2, 0.25) is 0 Å². The monoisotopic (exact) mass is 264 g/mol. The van der Waals surface area contributed by atoms with Gasteiger partial charge in [-0.15, -0.1) is 0 Å². The molecule has 0 spiro atoms. The smallest absolute Gasteiger partial charge is 0.340 e. The fourth-order valence-corrected chi connectivity index (χ4v) is 1.55. The van der Waals surface area contributed by atoms with E-state index in [0.29, 0.717) is 24.1 Å². The summed E-state index contributed by atoms with van der Waals surface area (Å²) < 4.78 is 5.10. The van der Waals surface area contributed by atoms with Crippen molar-refractivity contribution in [2.45, 2.75) is 19.8 Å². The zero-order valence-corrected chi connectivity index (χ0v) is 11.6. The van der Waals surface area contributed by atoms with E-state index in [1.807, 2.05) is 13.0 Å². The molecule has 1 rings (SSSR count). The van der Waals surface area contributed by atoms with Gasteiger partial charge in [-0.2, -0.15) is 0 Å². The molecule has 0 fully saturated rings. The fourth-order valence-electron chi connectivity index (χ4n) is 1.55. The van der Waals surface area contributed by atoms with Crippen LogP contribution < -0.4 is 5.73 Å². The molecule has 0 atom stereocenters. The first kappa shape index (κ1) is 15.0. The molecule has 0 bridgehead atoms. The molecule has 0 aliphatic carbocycles. The minimum Gasteiger partial charge on any atom is -0.462 e. The van der Waals surface area contributed by atoms with Crippen molar-refractivity contribution in [1.82, 2.24) is 4.90 Å². The maximum Gasteiger partial charge on any atom is 0.340 e. The molecule has 1 aromatic carbocycles. The van der Waals surface area contributed by atoms with Gasteiger partial charge in [-0.25, -0.2) is 4.79 Å². The molecule has 104 valence electrons. The van der Waals surface area contributed by atoms with Gasteiger partial charge < -0.3 is 15.4 Å². The van der Waals surface area contributed by atoms with E-state index < -0.39 is 5.97 Å². The summed E-state index contributed by atoms with van der Waals surface area (Å²) in [5.41, 5.74) is 7.47. The van der Waals surface area contributed by atoms with Gasteiger partial charge in [0.25, 0.3) is 0 Å². The highest BCUT2D eigenvalue weighted by atomic mass is 16.5. The molecule has 0 saturated heterocycles. The van der Waals surface area contributed by atoms with Crippen molar-refractivity contribution in [2.24, 2.45) is 0 Å². The molecule has 5 heteroatoms. The molecule has 0 aliphatic heterocycles. The van der Waals surface area contributed by atoms with Crippen LogP contribution in [0.25, 0.3) is 0 Å². The predicted octanol–water partition coefficient (Wildman–Crippen LogP) is 1.60. The number of carbonyl (C=O) groups is 2. The molecule has 0 unspecified atom stereocenters. The van der Waals surface area contributed by atoms with Crippen LogP contribution in [0, 0.1) is 6.92 Å². The van der Waals surface area contributed by atoms with Crippen molar-refractivity contribution in [3.8, 4) is 0 Å². The third kappa shape index (κ3) is 4.28. The number of para-hydroxylation sites is 1. The SMILES string of the molecule is Cc1cccc(C(=O)OCCCC(=O)N(C)C)c1N. The number of nitrogens with two attached hydrogens (primary N) is 1. The van der Waals surface area contributed by atoms with Crippen LogP contribution in [0.15, 0.2) is 18.2 Å². The molecular weight excluding hydrogens is 244 g/mol. The molecule has 0 saturated carbocycles. The molecule has 1 aromatic rings. The second-order valence-electron chi connectivity index (χ2n) is 4.56. The van der Waals surface area contributed by atoms with E-state index >= 15 is 0 Å². The number of anilines is 1. The van der Waals surface area contributed by atoms with Gasteiger partial charge in [0.2, 0.25) is 5.91 Å². The lowest BCUT2D eigenvalue weighted by atomic mass is 10.1. The second-order valence-corrected chi connectivity index (χ2v) is 4.56. The summed E-state index contributed by atoms with van der Waals surface area (Å²) in [6.07, 6.45) is 0.873. The molecule has 0 heterocycles. The number of esters is 1. The summed E-state index contributed by atoms with van der Waals surface area (Å²) in [4.78, 5) is 24.6. The number of nitrogen functional groups attached to an aromatic ring is 1. The first-order valence-corrected chi connectivity index (χ1v) is 6.16. The summed E-state index contributed by atoms with van der Waals surface area (Å²) in [7, 11) is 3.39. The zero-order chi connectivity index (χ0) is 14.4. The number of rotatable bonds is 5. The van der Waals surface area contributed by atoms with Crippen LogP contribution in [0.4, 0.5) is 5.69 Å². The number of benzene rings is 1. The van der Waals surface area contributed by atoms with Crippen LogP contribution in [-0.4, -0.2) is 37.5 Å². The van der Waals surface area contributed by atoms with E-state index in [1.165, 1.54) is 4.90 Å². The van der Waals surface area contributed by atoms with Crippen molar-refractivity contribution in [3.05, 3.63) is 29.3 Å². The largest absolute Gasteiger partial charge is 0.462 e. The quantitative estimate of drug-likeness (QED) is 0.498. The molecule has 2 N–H and O–H groups in total. The van der Waals surface area contributed by atoms with Crippen LogP contribution in [0.5, 0.6) is 0 Å². The summed E-state index contributed by atoms with van der Waals surface area (Å²) in [6, 6.07) is 5.23. The van der Waals surface area contributed by atoms with E-state index in [9.17, 15) is 9.59 Å². The van der Waals surface area contributed by atoms with Crippen LogP contribution >= 0.6 is 0 Å². The maximum atomic E-state index is 11.8. The van der Waals surface area contributed by atoms with Gasteiger partial charge in [-0.3, -0.25) is 4.79 Å². The van der Waals surface area contributed by atoms with Crippen LogP contribution in [0.1, 0.15) is 28.8 Å². The Labute approximate surface area is 113 Å². The van der Waals surface area contributed by atoms with E-state index in [-0.39, 0.29) is 12.5 Å². The molecule has 0 aromatic heterocycles. The predicted molar refractivity (Wildman–Crippen MR) is 73.8 cm³/mol. The first-order valence-electron chi connectivity index (χ1n) is 6.16. The molecular formula is C14H20N2O3. The fraction of sp³-hybridized carbons (Fsp3) is 0.429. The van der Waals surface area contributed by atoms with Crippen molar-refractivity contribution in [1.29, 1.82) is 0 Å². The van der Waals surface area contributed by atoms with Crippen LogP contribution in [-0.2, 0) is 9.53 Å². The third-order valence-corrected chi connectivity index (χ3v) is 2.81. The number of hydrogen-bond acceptors (Lipinski definition) is 4. The maximum absolute atomic E-state index is 11.8. The van der Waals surface area contributed by atoms with E-state index in [2.05, 4.69) is 0 Å². The highest BCUT2D eigenvalue weighted by Crippen LogP contribution is 2.17. The number of ether oxygens (including phenoxy) is 1. The Bertz CT molecular complexity index is 470. The number of nitrogens with zero attached hydrogens (tertiary/aromatic N) is 1. The van der Waals surface area contributed by atoms with Crippen molar-refractivity contribution >= 4 is 17.6 Å². The molecule has 0 aliphatic rings. The zero-order valence-electron chi connectivity index (χ0n) is 11.6. The van der Waals surface area contributed by atoms with Gasteiger partial charge in [-0.05, 0) is 25.0 Å². The normalized spacial score (nSPS) is 10.1. The Balaban J connectivity index is 2.44. The Kier molecular flexibility index (Phi) is 5.36. The number of carbonyl (C=O) groups excluding carboxylic acids is 2. The molecule has 0 radical (unpaired) electrons. The average Bonchev–Trinajstić information content (AvgIpc) is 2.37. The Hall–Kier alpha value is -2.04. The van der Waals surface area contributed by atoms with Gasteiger partial charge in [0.05, 0.1) is 12.2 Å². The second kappa shape index (κ2) is 6.78. The number of aryl methyl sites for hydroxylation is 1. The summed E-state index contributed by atoms with van der Waals surface area (Å²) in [6.45, 7) is 2.05. The molecule has 5 nitrogen and oxygen atoms in total. The average molecular weight is 264 g/mol. The summed E-state index contributed by atoms with van der Waals surface area (Å²) >= 11 is 0. The topological polar surface area (TPSA) is 72.6 Å². The minimum atomic E-state index is -0.446. The number of hydrogen-bond donors (Lipinski definition) is 1. The minimum absolute atomic E-state index is 0.0196. The Morgan fingerprint density at radius 2 is 2.00 bits per heavy atom. The first-order chi connectivity index (χ1) is 8.93. The van der Waals surface area contributed by atoms with Gasteiger partial charge in [0.15, 0.2) is 0 Å². The third-order valence-electron chi connectivity index (χ3n) is 2.81. The van der Waals surface area contributed by atoms with Crippen molar-refractivity contribution in [3.63, 3.8) is 0 Å².